The van der Waals surface area contributed by atoms with Gasteiger partial charge in [-0.15, -0.1) is 0 Å². The standard InChI is InChI=1S/C19H23N3O2/c1-21-11-16(10-20-21)13-22-6-8-23-14-15(12-22)9-17-3-2-4-19-18(17)5-7-24-19/h2-5,7,10-11,15H,6,8-9,12-14H2,1H3. The summed E-state index contributed by atoms with van der Waals surface area (Å²) >= 11 is 0. The number of furan rings is 1. The highest BCUT2D eigenvalue weighted by molar-refractivity contribution is 5.80. The van der Waals surface area contributed by atoms with Gasteiger partial charge in [-0.2, -0.15) is 5.10 Å². The number of ether oxygens (including phenoxy) is 1. The van der Waals surface area contributed by atoms with Crippen molar-refractivity contribution in [3.05, 3.63) is 54.0 Å². The van der Waals surface area contributed by atoms with E-state index in [1.165, 1.54) is 16.5 Å². The van der Waals surface area contributed by atoms with Crippen molar-refractivity contribution in [2.45, 2.75) is 13.0 Å². The van der Waals surface area contributed by atoms with Crippen LogP contribution in [0.4, 0.5) is 0 Å². The summed E-state index contributed by atoms with van der Waals surface area (Å²) in [4.78, 5) is 2.48. The summed E-state index contributed by atoms with van der Waals surface area (Å²) in [7, 11) is 1.96. The molecule has 1 saturated heterocycles. The van der Waals surface area contributed by atoms with Crippen LogP contribution in [-0.4, -0.2) is 41.0 Å². The van der Waals surface area contributed by atoms with E-state index in [4.69, 9.17) is 9.15 Å². The molecule has 0 aliphatic carbocycles. The lowest BCUT2D eigenvalue weighted by Crippen LogP contribution is -2.30. The molecular formula is C19H23N3O2. The van der Waals surface area contributed by atoms with E-state index in [1.54, 1.807) is 6.26 Å². The maximum Gasteiger partial charge on any atom is 0.134 e. The Morgan fingerprint density at radius 2 is 2.25 bits per heavy atom. The number of fused-ring (bicyclic) bond motifs is 1. The first-order valence-corrected chi connectivity index (χ1v) is 8.50. The lowest BCUT2D eigenvalue weighted by Gasteiger charge is -2.23. The van der Waals surface area contributed by atoms with Gasteiger partial charge in [-0.05, 0) is 30.0 Å². The van der Waals surface area contributed by atoms with E-state index >= 15 is 0 Å². The highest BCUT2D eigenvalue weighted by Gasteiger charge is 2.20. The average molecular weight is 325 g/mol. The minimum absolute atomic E-state index is 0.490. The van der Waals surface area contributed by atoms with Crippen LogP contribution in [0, 0.1) is 5.92 Å². The number of benzene rings is 1. The maximum absolute atomic E-state index is 5.86. The van der Waals surface area contributed by atoms with Crippen LogP contribution < -0.4 is 0 Å². The lowest BCUT2D eigenvalue weighted by atomic mass is 9.97. The molecule has 1 atom stereocenters. The Balaban J connectivity index is 1.47. The van der Waals surface area contributed by atoms with E-state index < -0.39 is 0 Å². The number of aromatic nitrogens is 2. The third-order valence-corrected chi connectivity index (χ3v) is 4.68. The smallest absolute Gasteiger partial charge is 0.134 e. The van der Waals surface area contributed by atoms with E-state index in [-0.39, 0.29) is 0 Å². The van der Waals surface area contributed by atoms with Crippen molar-refractivity contribution in [1.82, 2.24) is 14.7 Å². The van der Waals surface area contributed by atoms with Crippen LogP contribution in [0.25, 0.3) is 11.0 Å². The molecule has 0 saturated carbocycles. The van der Waals surface area contributed by atoms with Crippen molar-refractivity contribution < 1.29 is 9.15 Å². The Hall–Kier alpha value is -2.11. The molecule has 1 aromatic carbocycles. The van der Waals surface area contributed by atoms with Gasteiger partial charge in [-0.1, -0.05) is 12.1 Å². The second-order valence-corrected chi connectivity index (χ2v) is 6.65. The fourth-order valence-electron chi connectivity index (χ4n) is 3.58. The van der Waals surface area contributed by atoms with Crippen LogP contribution in [0.15, 0.2) is 47.3 Å². The molecule has 0 bridgehead atoms. The molecule has 3 aromatic rings. The first-order chi connectivity index (χ1) is 11.8. The summed E-state index contributed by atoms with van der Waals surface area (Å²) in [5.74, 6) is 0.490. The van der Waals surface area contributed by atoms with E-state index in [1.807, 2.05) is 24.0 Å². The lowest BCUT2D eigenvalue weighted by molar-refractivity contribution is 0.122. The van der Waals surface area contributed by atoms with E-state index in [0.717, 1.165) is 44.9 Å². The molecule has 126 valence electrons. The number of nitrogens with zero attached hydrogens (tertiary/aromatic N) is 3. The summed E-state index contributed by atoms with van der Waals surface area (Å²) in [5, 5.41) is 5.49. The summed E-state index contributed by atoms with van der Waals surface area (Å²) in [5.41, 5.74) is 3.57. The van der Waals surface area contributed by atoms with E-state index in [9.17, 15) is 0 Å². The average Bonchev–Trinajstić information content (AvgIpc) is 3.15. The molecule has 1 aliphatic heterocycles. The minimum atomic E-state index is 0.490. The first-order valence-electron chi connectivity index (χ1n) is 8.50. The van der Waals surface area contributed by atoms with Gasteiger partial charge in [-0.3, -0.25) is 9.58 Å². The predicted molar refractivity (Wildman–Crippen MR) is 92.7 cm³/mol. The number of hydrogen-bond donors (Lipinski definition) is 0. The third kappa shape index (κ3) is 3.37. The quantitative estimate of drug-likeness (QED) is 0.740. The van der Waals surface area contributed by atoms with Gasteiger partial charge < -0.3 is 9.15 Å². The van der Waals surface area contributed by atoms with Crippen LogP contribution in [0.5, 0.6) is 0 Å². The predicted octanol–water partition coefficient (Wildman–Crippen LogP) is 2.86. The molecule has 0 radical (unpaired) electrons. The topological polar surface area (TPSA) is 43.4 Å². The summed E-state index contributed by atoms with van der Waals surface area (Å²) in [6.45, 7) is 4.57. The van der Waals surface area contributed by atoms with E-state index in [0.29, 0.717) is 5.92 Å². The van der Waals surface area contributed by atoms with Crippen molar-refractivity contribution in [3.8, 4) is 0 Å². The number of rotatable bonds is 4. The van der Waals surface area contributed by atoms with Gasteiger partial charge in [-0.25, -0.2) is 0 Å². The normalized spacial score (nSPS) is 19.6. The second-order valence-electron chi connectivity index (χ2n) is 6.65. The molecule has 0 spiro atoms. The van der Waals surface area contributed by atoms with Gasteiger partial charge >= 0.3 is 0 Å². The zero-order valence-corrected chi connectivity index (χ0v) is 14.0. The molecule has 4 rings (SSSR count). The molecule has 3 heterocycles. The fourth-order valence-corrected chi connectivity index (χ4v) is 3.58. The number of aryl methyl sites for hydroxylation is 1. The van der Waals surface area contributed by atoms with Gasteiger partial charge in [0.05, 0.1) is 25.7 Å². The molecule has 1 fully saturated rings. The van der Waals surface area contributed by atoms with Gasteiger partial charge in [0.2, 0.25) is 0 Å². The summed E-state index contributed by atoms with van der Waals surface area (Å²) in [6, 6.07) is 8.37. The van der Waals surface area contributed by atoms with Crippen molar-refractivity contribution in [1.29, 1.82) is 0 Å². The van der Waals surface area contributed by atoms with Gasteiger partial charge in [0.25, 0.3) is 0 Å². The molecule has 1 aliphatic rings. The van der Waals surface area contributed by atoms with Crippen molar-refractivity contribution in [3.63, 3.8) is 0 Å². The highest BCUT2D eigenvalue weighted by atomic mass is 16.5. The SMILES string of the molecule is Cn1cc(CN2CCOCC(Cc3cccc4occc34)C2)cn1. The fraction of sp³-hybridized carbons (Fsp3) is 0.421. The Morgan fingerprint density at radius 1 is 1.29 bits per heavy atom. The Labute approximate surface area is 141 Å². The summed E-state index contributed by atoms with van der Waals surface area (Å²) < 4.78 is 13.2. The first kappa shape index (κ1) is 15.4. The molecule has 0 N–H and O–H groups in total. The molecule has 0 amide bonds. The zero-order valence-electron chi connectivity index (χ0n) is 14.0. The van der Waals surface area contributed by atoms with Crippen molar-refractivity contribution in [2.75, 3.05) is 26.3 Å². The van der Waals surface area contributed by atoms with Crippen LogP contribution in [-0.2, 0) is 24.8 Å². The van der Waals surface area contributed by atoms with Gasteiger partial charge in [0, 0.05) is 43.8 Å². The number of hydrogen-bond acceptors (Lipinski definition) is 4. The van der Waals surface area contributed by atoms with Crippen LogP contribution in [0.1, 0.15) is 11.1 Å². The molecular weight excluding hydrogens is 302 g/mol. The largest absolute Gasteiger partial charge is 0.464 e. The van der Waals surface area contributed by atoms with E-state index in [2.05, 4.69) is 34.4 Å². The molecule has 2 aromatic heterocycles. The molecule has 5 nitrogen and oxygen atoms in total. The van der Waals surface area contributed by atoms with Gasteiger partial charge in [0.15, 0.2) is 0 Å². The zero-order chi connectivity index (χ0) is 16.4. The van der Waals surface area contributed by atoms with Gasteiger partial charge in [0.1, 0.15) is 5.58 Å². The second kappa shape index (κ2) is 6.79. The maximum atomic E-state index is 5.86. The molecule has 24 heavy (non-hydrogen) atoms. The minimum Gasteiger partial charge on any atom is -0.464 e. The van der Waals surface area contributed by atoms with Crippen molar-refractivity contribution >= 4 is 11.0 Å². The Morgan fingerprint density at radius 3 is 3.12 bits per heavy atom. The Kier molecular flexibility index (Phi) is 4.36. The highest BCUT2D eigenvalue weighted by Crippen LogP contribution is 2.24. The monoisotopic (exact) mass is 325 g/mol. The third-order valence-electron chi connectivity index (χ3n) is 4.68. The summed E-state index contributed by atoms with van der Waals surface area (Å²) in [6.07, 6.45) is 6.83. The molecule has 5 heteroatoms. The van der Waals surface area contributed by atoms with Crippen molar-refractivity contribution in [2.24, 2.45) is 13.0 Å². The Bertz CT molecular complexity index is 808. The molecule has 1 unspecified atom stereocenters. The van der Waals surface area contributed by atoms with Crippen LogP contribution >= 0.6 is 0 Å². The van der Waals surface area contributed by atoms with Crippen LogP contribution in [0.3, 0.4) is 0 Å². The van der Waals surface area contributed by atoms with Crippen LogP contribution in [0.2, 0.25) is 0 Å².